The van der Waals surface area contributed by atoms with Gasteiger partial charge in [-0.15, -0.1) is 21.5 Å². The number of hydrogen-bond acceptors (Lipinski definition) is 5. The van der Waals surface area contributed by atoms with Gasteiger partial charge in [0, 0.05) is 22.1 Å². The molecule has 0 bridgehead atoms. The van der Waals surface area contributed by atoms with Crippen molar-refractivity contribution >= 4 is 31.1 Å². The van der Waals surface area contributed by atoms with Crippen molar-refractivity contribution in [1.29, 1.82) is 0 Å². The third kappa shape index (κ3) is 2.36. The zero-order valence-electron chi connectivity index (χ0n) is 9.21. The molecule has 0 saturated heterocycles. The minimum absolute atomic E-state index is 0.206. The summed E-state index contributed by atoms with van der Waals surface area (Å²) < 4.78 is 24.1. The number of rotatable bonds is 3. The summed E-state index contributed by atoms with van der Waals surface area (Å²) in [5, 5.41) is 7.33. The van der Waals surface area contributed by atoms with Gasteiger partial charge in [0.2, 0.25) is 0 Å². The van der Waals surface area contributed by atoms with Gasteiger partial charge in [-0.2, -0.15) is 0 Å². The van der Waals surface area contributed by atoms with Crippen molar-refractivity contribution in [2.45, 2.75) is 25.5 Å². The summed E-state index contributed by atoms with van der Waals surface area (Å²) in [6.07, 6.45) is 0. The molecule has 0 aliphatic heterocycles. The molecule has 8 heteroatoms. The molecule has 17 heavy (non-hydrogen) atoms. The fraction of sp³-hybridized carbons (Fsp3) is 0.333. The summed E-state index contributed by atoms with van der Waals surface area (Å²) in [7, 11) is 1.44. The fourth-order valence-corrected chi connectivity index (χ4v) is 3.31. The Hall–Kier alpha value is -0.920. The van der Waals surface area contributed by atoms with Crippen LogP contribution >= 0.6 is 22.0 Å². The Kier molecular flexibility index (Phi) is 3.24. The standard InChI is InChI=1S/C9H10ClN3O2S2/c1-3-13-8(7-5-4-6(2)16-7)11-12-9(13)17(10,14)15/h4-5H,3H2,1-2H3. The molecule has 0 N–H and O–H groups in total. The third-order valence-corrected chi connectivity index (χ3v) is 4.36. The maximum Gasteiger partial charge on any atom is 0.296 e. The van der Waals surface area contributed by atoms with Gasteiger partial charge >= 0.3 is 0 Å². The molecule has 0 fully saturated rings. The van der Waals surface area contributed by atoms with Crippen LogP contribution in [-0.2, 0) is 15.6 Å². The van der Waals surface area contributed by atoms with Crippen molar-refractivity contribution in [2.24, 2.45) is 0 Å². The highest BCUT2D eigenvalue weighted by molar-refractivity contribution is 8.13. The van der Waals surface area contributed by atoms with Crippen LogP contribution in [0.4, 0.5) is 0 Å². The van der Waals surface area contributed by atoms with E-state index in [0.29, 0.717) is 12.4 Å². The van der Waals surface area contributed by atoms with Crippen molar-refractivity contribution in [2.75, 3.05) is 0 Å². The molecule has 0 aliphatic carbocycles. The quantitative estimate of drug-likeness (QED) is 0.814. The Morgan fingerprint density at radius 2 is 2.12 bits per heavy atom. The Bertz CT molecular complexity index is 645. The van der Waals surface area contributed by atoms with Gasteiger partial charge in [0.1, 0.15) is 0 Å². The molecule has 0 radical (unpaired) electrons. The van der Waals surface area contributed by atoms with Gasteiger partial charge in [-0.3, -0.25) is 4.57 Å². The van der Waals surface area contributed by atoms with E-state index >= 15 is 0 Å². The highest BCUT2D eigenvalue weighted by Crippen LogP contribution is 2.28. The van der Waals surface area contributed by atoms with E-state index in [9.17, 15) is 8.42 Å². The second-order valence-corrected chi connectivity index (χ2v) is 7.15. The predicted molar refractivity (Wildman–Crippen MR) is 66.8 cm³/mol. The van der Waals surface area contributed by atoms with Crippen molar-refractivity contribution in [3.8, 4) is 10.7 Å². The second-order valence-electron chi connectivity index (χ2n) is 3.40. The van der Waals surface area contributed by atoms with Gasteiger partial charge in [-0.1, -0.05) is 0 Å². The maximum absolute atomic E-state index is 11.3. The van der Waals surface area contributed by atoms with Crippen LogP contribution in [0, 0.1) is 6.92 Å². The van der Waals surface area contributed by atoms with Crippen LogP contribution in [0.5, 0.6) is 0 Å². The summed E-state index contributed by atoms with van der Waals surface area (Å²) in [4.78, 5) is 2.00. The Morgan fingerprint density at radius 1 is 1.41 bits per heavy atom. The van der Waals surface area contributed by atoms with E-state index in [1.165, 1.54) is 15.9 Å². The maximum atomic E-state index is 11.3. The number of nitrogens with zero attached hydrogens (tertiary/aromatic N) is 3. The molecule has 0 atom stereocenters. The summed E-state index contributed by atoms with van der Waals surface area (Å²) in [5.41, 5.74) is 0. The topological polar surface area (TPSA) is 64.8 Å². The van der Waals surface area contributed by atoms with Crippen molar-refractivity contribution in [3.05, 3.63) is 17.0 Å². The molecule has 2 heterocycles. The van der Waals surface area contributed by atoms with E-state index < -0.39 is 9.05 Å². The molecule has 0 amide bonds. The molecule has 0 unspecified atom stereocenters. The summed E-state index contributed by atoms with van der Waals surface area (Å²) >= 11 is 1.53. The van der Waals surface area contributed by atoms with Gasteiger partial charge in [-0.25, -0.2) is 8.42 Å². The molecule has 92 valence electrons. The first-order valence-electron chi connectivity index (χ1n) is 4.88. The van der Waals surface area contributed by atoms with Gasteiger partial charge < -0.3 is 0 Å². The largest absolute Gasteiger partial charge is 0.296 e. The summed E-state index contributed by atoms with van der Waals surface area (Å²) in [5.74, 6) is 0.532. The zero-order valence-corrected chi connectivity index (χ0v) is 11.6. The predicted octanol–water partition coefficient (Wildman–Crippen LogP) is 2.26. The molecule has 2 rings (SSSR count). The molecular weight excluding hydrogens is 282 g/mol. The van der Waals surface area contributed by atoms with Crippen molar-refractivity contribution < 1.29 is 8.42 Å². The van der Waals surface area contributed by atoms with E-state index in [0.717, 1.165) is 9.75 Å². The highest BCUT2D eigenvalue weighted by atomic mass is 35.7. The lowest BCUT2D eigenvalue weighted by molar-refractivity contribution is 0.583. The molecule has 0 aromatic carbocycles. The van der Waals surface area contributed by atoms with Crippen LogP contribution in [0.2, 0.25) is 0 Å². The lowest BCUT2D eigenvalue weighted by Gasteiger charge is -2.03. The minimum Gasteiger partial charge on any atom is -0.296 e. The Balaban J connectivity index is 2.61. The van der Waals surface area contributed by atoms with Gasteiger partial charge in [0.25, 0.3) is 14.2 Å². The fourth-order valence-electron chi connectivity index (χ4n) is 1.49. The van der Waals surface area contributed by atoms with Crippen molar-refractivity contribution in [3.63, 3.8) is 0 Å². The van der Waals surface area contributed by atoms with E-state index in [-0.39, 0.29) is 5.16 Å². The van der Waals surface area contributed by atoms with Crippen LogP contribution in [0.3, 0.4) is 0 Å². The Labute approximate surface area is 107 Å². The van der Waals surface area contributed by atoms with Crippen molar-refractivity contribution in [1.82, 2.24) is 14.8 Å². The minimum atomic E-state index is -3.86. The molecule has 2 aromatic heterocycles. The van der Waals surface area contributed by atoms with Gasteiger partial charge in [0.05, 0.1) is 4.88 Å². The van der Waals surface area contributed by atoms with E-state index in [2.05, 4.69) is 10.2 Å². The van der Waals surface area contributed by atoms with Crippen LogP contribution < -0.4 is 0 Å². The molecular formula is C9H10ClN3O2S2. The number of halogens is 1. The zero-order chi connectivity index (χ0) is 12.6. The molecule has 0 saturated carbocycles. The van der Waals surface area contributed by atoms with Gasteiger partial charge in [0.15, 0.2) is 5.82 Å². The smallest absolute Gasteiger partial charge is 0.296 e. The molecule has 0 spiro atoms. The number of thiophene rings is 1. The van der Waals surface area contributed by atoms with Crippen LogP contribution in [-0.4, -0.2) is 23.2 Å². The lowest BCUT2D eigenvalue weighted by atomic mass is 10.4. The van der Waals surface area contributed by atoms with E-state index in [4.69, 9.17) is 10.7 Å². The molecule has 0 aliphatic rings. The van der Waals surface area contributed by atoms with E-state index in [1.54, 1.807) is 0 Å². The Morgan fingerprint density at radius 3 is 2.59 bits per heavy atom. The van der Waals surface area contributed by atoms with Gasteiger partial charge in [-0.05, 0) is 26.0 Å². The monoisotopic (exact) mass is 291 g/mol. The van der Waals surface area contributed by atoms with E-state index in [1.807, 2.05) is 26.0 Å². The first-order valence-corrected chi connectivity index (χ1v) is 8.00. The first kappa shape index (κ1) is 12.5. The second kappa shape index (κ2) is 4.40. The summed E-state index contributed by atoms with van der Waals surface area (Å²) in [6.45, 7) is 4.24. The number of aryl methyl sites for hydroxylation is 1. The normalized spacial score (nSPS) is 11.9. The number of hydrogen-bond donors (Lipinski definition) is 0. The van der Waals surface area contributed by atoms with Crippen LogP contribution in [0.1, 0.15) is 11.8 Å². The van der Waals surface area contributed by atoms with Crippen LogP contribution in [0.15, 0.2) is 17.3 Å². The lowest BCUT2D eigenvalue weighted by Crippen LogP contribution is -2.05. The molecule has 2 aromatic rings. The average molecular weight is 292 g/mol. The first-order chi connectivity index (χ1) is 7.93. The van der Waals surface area contributed by atoms with Crippen LogP contribution in [0.25, 0.3) is 10.7 Å². The highest BCUT2D eigenvalue weighted by Gasteiger charge is 2.22. The number of aromatic nitrogens is 3. The molecule has 5 nitrogen and oxygen atoms in total. The third-order valence-electron chi connectivity index (χ3n) is 2.21. The average Bonchev–Trinajstić information content (AvgIpc) is 2.81. The summed E-state index contributed by atoms with van der Waals surface area (Å²) in [6, 6.07) is 3.84. The SMILES string of the molecule is CCn1c(-c2ccc(C)s2)nnc1S(=O)(=O)Cl.